The van der Waals surface area contributed by atoms with Crippen LogP contribution in [0.25, 0.3) is 0 Å². The molecule has 1 rings (SSSR count). The number of halogens is 2. The lowest BCUT2D eigenvalue weighted by atomic mass is 9.83. The number of hydrogen-bond acceptors (Lipinski definition) is 2. The molecule has 0 fully saturated rings. The lowest BCUT2D eigenvalue weighted by molar-refractivity contribution is -0.124. The van der Waals surface area contributed by atoms with Crippen molar-refractivity contribution in [1.82, 2.24) is 5.32 Å². The highest BCUT2D eigenvalue weighted by atomic mass is 35.5. The van der Waals surface area contributed by atoms with Crippen molar-refractivity contribution in [2.45, 2.75) is 46.1 Å². The van der Waals surface area contributed by atoms with Gasteiger partial charge in [-0.3, -0.25) is 4.79 Å². The van der Waals surface area contributed by atoms with Crippen LogP contribution in [0, 0.1) is 5.41 Å². The van der Waals surface area contributed by atoms with Crippen LogP contribution in [-0.4, -0.2) is 18.5 Å². The topological polar surface area (TPSA) is 55.1 Å². The molecule has 0 aliphatic rings. The van der Waals surface area contributed by atoms with Gasteiger partial charge in [-0.05, 0) is 23.1 Å². The van der Waals surface area contributed by atoms with Gasteiger partial charge in [0.2, 0.25) is 5.91 Å². The second-order valence-corrected chi connectivity index (χ2v) is 7.39. The smallest absolute Gasteiger partial charge is 0.237 e. The molecule has 0 unspecified atom stereocenters. The summed E-state index contributed by atoms with van der Waals surface area (Å²) in [6.07, 6.45) is 0. The average Bonchev–Trinajstić information content (AvgIpc) is 2.34. The van der Waals surface area contributed by atoms with E-state index in [0.717, 1.165) is 5.56 Å². The lowest BCUT2D eigenvalue weighted by Crippen LogP contribution is -2.50. The second kappa shape index (κ2) is 7.48. The maximum Gasteiger partial charge on any atom is 0.237 e. The predicted molar refractivity (Wildman–Crippen MR) is 92.2 cm³/mol. The number of amides is 1. The molecular formula is C16H26Cl2N2O. The number of carbonyl (C=O) groups excluding carboxylic acids is 1. The molecule has 5 heteroatoms. The fraction of sp³-hybridized carbons (Fsp3) is 0.562. The van der Waals surface area contributed by atoms with Crippen LogP contribution in [0.3, 0.4) is 0 Å². The van der Waals surface area contributed by atoms with Crippen molar-refractivity contribution in [2.24, 2.45) is 11.1 Å². The summed E-state index contributed by atoms with van der Waals surface area (Å²) in [6, 6.07) is 7.19. The van der Waals surface area contributed by atoms with E-state index in [1.54, 1.807) is 0 Å². The van der Waals surface area contributed by atoms with Gasteiger partial charge in [-0.25, -0.2) is 0 Å². The molecule has 0 aromatic heterocycles. The highest BCUT2D eigenvalue weighted by molar-refractivity contribution is 6.30. The van der Waals surface area contributed by atoms with Gasteiger partial charge in [0.25, 0.3) is 0 Å². The Morgan fingerprint density at radius 1 is 1.29 bits per heavy atom. The highest BCUT2D eigenvalue weighted by Crippen LogP contribution is 2.25. The minimum atomic E-state index is -0.516. The summed E-state index contributed by atoms with van der Waals surface area (Å²) in [5.74, 6) is -0.118. The molecular weight excluding hydrogens is 307 g/mol. The van der Waals surface area contributed by atoms with E-state index in [2.05, 4.69) is 19.2 Å². The summed E-state index contributed by atoms with van der Waals surface area (Å²) in [7, 11) is 0. The van der Waals surface area contributed by atoms with E-state index < -0.39 is 6.04 Å². The predicted octanol–water partition coefficient (Wildman–Crippen LogP) is 3.53. The lowest BCUT2D eigenvalue weighted by Gasteiger charge is -2.30. The zero-order valence-corrected chi connectivity index (χ0v) is 14.9. The summed E-state index contributed by atoms with van der Waals surface area (Å²) < 4.78 is 0. The molecule has 3 nitrogen and oxygen atoms in total. The van der Waals surface area contributed by atoms with Crippen molar-refractivity contribution in [3.8, 4) is 0 Å². The van der Waals surface area contributed by atoms with Gasteiger partial charge in [-0.1, -0.05) is 58.4 Å². The molecule has 1 amide bonds. The Balaban J connectivity index is 0.00000400. The largest absolute Gasteiger partial charge is 0.354 e. The normalized spacial score (nSPS) is 13.3. The summed E-state index contributed by atoms with van der Waals surface area (Å²) in [6.45, 7) is 10.5. The molecule has 3 N–H and O–H groups in total. The molecule has 0 saturated heterocycles. The number of hydrogen-bond donors (Lipinski definition) is 2. The summed E-state index contributed by atoms with van der Waals surface area (Å²) in [5, 5.41) is 3.64. The molecule has 0 radical (unpaired) electrons. The van der Waals surface area contributed by atoms with Crippen LogP contribution in [0.5, 0.6) is 0 Å². The molecule has 0 aliphatic heterocycles. The van der Waals surface area contributed by atoms with E-state index in [9.17, 15) is 4.79 Å². The average molecular weight is 333 g/mol. The van der Waals surface area contributed by atoms with E-state index in [4.69, 9.17) is 17.3 Å². The Morgan fingerprint density at radius 2 is 1.86 bits per heavy atom. The minimum Gasteiger partial charge on any atom is -0.354 e. The molecule has 0 heterocycles. The monoisotopic (exact) mass is 332 g/mol. The first-order chi connectivity index (χ1) is 9.04. The van der Waals surface area contributed by atoms with Crippen LogP contribution in [0.2, 0.25) is 5.02 Å². The first-order valence-electron chi connectivity index (χ1n) is 6.83. The van der Waals surface area contributed by atoms with Crippen LogP contribution in [-0.2, 0) is 10.2 Å². The molecule has 0 aliphatic carbocycles. The standard InChI is InChI=1S/C16H25ClN2O.ClH/c1-15(2,3)13(18)14(20)19-10-16(4,5)11-7-6-8-12(17)9-11;/h6-9,13H,10,18H2,1-5H3,(H,19,20);1H/t13-;/m1./s1. The maximum atomic E-state index is 12.1. The van der Waals surface area contributed by atoms with E-state index in [1.165, 1.54) is 0 Å². The third-order valence-corrected chi connectivity index (χ3v) is 3.76. The van der Waals surface area contributed by atoms with Gasteiger partial charge in [-0.2, -0.15) is 0 Å². The summed E-state index contributed by atoms with van der Waals surface area (Å²) >= 11 is 6.02. The Bertz CT molecular complexity index is 481. The number of benzene rings is 1. The molecule has 1 atom stereocenters. The van der Waals surface area contributed by atoms with Crippen LogP contribution in [0.15, 0.2) is 24.3 Å². The Hall–Kier alpha value is -0.770. The Kier molecular flexibility index (Phi) is 7.21. The molecule has 120 valence electrons. The van der Waals surface area contributed by atoms with Crippen LogP contribution >= 0.6 is 24.0 Å². The van der Waals surface area contributed by atoms with Crippen molar-refractivity contribution in [3.05, 3.63) is 34.9 Å². The molecule has 1 aromatic carbocycles. The molecule has 0 spiro atoms. The number of nitrogens with two attached hydrogens (primary N) is 1. The summed E-state index contributed by atoms with van der Waals surface area (Å²) in [4.78, 5) is 12.1. The van der Waals surface area contributed by atoms with Crippen molar-refractivity contribution >= 4 is 29.9 Å². The first kappa shape index (κ1) is 20.2. The van der Waals surface area contributed by atoms with E-state index in [0.29, 0.717) is 11.6 Å². The molecule has 0 saturated carbocycles. The van der Waals surface area contributed by atoms with Crippen molar-refractivity contribution in [2.75, 3.05) is 6.54 Å². The Morgan fingerprint density at radius 3 is 2.33 bits per heavy atom. The fourth-order valence-electron chi connectivity index (χ4n) is 1.82. The zero-order valence-electron chi connectivity index (χ0n) is 13.4. The zero-order chi connectivity index (χ0) is 15.6. The number of rotatable bonds is 4. The third-order valence-electron chi connectivity index (χ3n) is 3.53. The maximum absolute atomic E-state index is 12.1. The van der Waals surface area contributed by atoms with Gasteiger partial charge in [0, 0.05) is 17.0 Å². The first-order valence-corrected chi connectivity index (χ1v) is 7.21. The third kappa shape index (κ3) is 5.85. The van der Waals surface area contributed by atoms with Gasteiger partial charge in [0.05, 0.1) is 6.04 Å². The van der Waals surface area contributed by atoms with E-state index in [-0.39, 0.29) is 29.1 Å². The highest BCUT2D eigenvalue weighted by Gasteiger charge is 2.29. The van der Waals surface area contributed by atoms with Crippen LogP contribution in [0.1, 0.15) is 40.2 Å². The van der Waals surface area contributed by atoms with Crippen molar-refractivity contribution in [3.63, 3.8) is 0 Å². The van der Waals surface area contributed by atoms with Crippen LogP contribution in [0.4, 0.5) is 0 Å². The van der Waals surface area contributed by atoms with E-state index >= 15 is 0 Å². The quantitative estimate of drug-likeness (QED) is 0.886. The summed E-state index contributed by atoms with van der Waals surface area (Å²) in [5.41, 5.74) is 6.60. The van der Waals surface area contributed by atoms with Crippen LogP contribution < -0.4 is 11.1 Å². The second-order valence-electron chi connectivity index (χ2n) is 6.96. The van der Waals surface area contributed by atoms with Gasteiger partial charge >= 0.3 is 0 Å². The minimum absolute atomic E-state index is 0. The van der Waals surface area contributed by atoms with Gasteiger partial charge in [0.1, 0.15) is 0 Å². The molecule has 1 aromatic rings. The number of nitrogens with one attached hydrogen (secondary N) is 1. The number of carbonyl (C=O) groups is 1. The molecule has 0 bridgehead atoms. The van der Waals surface area contributed by atoms with Crippen molar-refractivity contribution in [1.29, 1.82) is 0 Å². The fourth-order valence-corrected chi connectivity index (χ4v) is 2.01. The van der Waals surface area contributed by atoms with Gasteiger partial charge in [0.15, 0.2) is 0 Å². The van der Waals surface area contributed by atoms with Gasteiger partial charge in [-0.15, -0.1) is 12.4 Å². The SMILES string of the molecule is CC(C)(CNC(=O)[C@@H](N)C(C)(C)C)c1cccc(Cl)c1.Cl. The molecule has 21 heavy (non-hydrogen) atoms. The van der Waals surface area contributed by atoms with Gasteiger partial charge < -0.3 is 11.1 Å². The van der Waals surface area contributed by atoms with E-state index in [1.807, 2.05) is 45.0 Å². The van der Waals surface area contributed by atoms with Crippen molar-refractivity contribution < 1.29 is 4.79 Å². The Labute approximate surface area is 139 Å².